The highest BCUT2D eigenvalue weighted by Crippen LogP contribution is 2.21. The van der Waals surface area contributed by atoms with Gasteiger partial charge in [0.15, 0.2) is 0 Å². The predicted octanol–water partition coefficient (Wildman–Crippen LogP) is 2.30. The SMILES string of the molecule is CCN(CC(O)Cn1cc([N+](=O)[O-])cn1)c1cc(C)ccc1C. The summed E-state index contributed by atoms with van der Waals surface area (Å²) in [7, 11) is 0. The number of hydrogen-bond donors (Lipinski definition) is 1. The van der Waals surface area contributed by atoms with Gasteiger partial charge in [-0.2, -0.15) is 5.10 Å². The number of aliphatic hydroxyl groups is 1. The molecular weight excluding hydrogens is 296 g/mol. The van der Waals surface area contributed by atoms with Gasteiger partial charge in [-0.25, -0.2) is 0 Å². The monoisotopic (exact) mass is 318 g/mol. The molecule has 0 saturated carbocycles. The maximum atomic E-state index is 10.7. The van der Waals surface area contributed by atoms with Gasteiger partial charge in [0.1, 0.15) is 12.4 Å². The average molecular weight is 318 g/mol. The summed E-state index contributed by atoms with van der Waals surface area (Å²) in [6, 6.07) is 6.23. The van der Waals surface area contributed by atoms with Crippen LogP contribution in [0.1, 0.15) is 18.1 Å². The van der Waals surface area contributed by atoms with E-state index in [1.807, 2.05) is 20.8 Å². The van der Waals surface area contributed by atoms with Gasteiger partial charge in [-0.3, -0.25) is 14.8 Å². The largest absolute Gasteiger partial charge is 0.389 e. The van der Waals surface area contributed by atoms with Crippen molar-refractivity contribution < 1.29 is 10.0 Å². The summed E-state index contributed by atoms with van der Waals surface area (Å²) in [5.41, 5.74) is 3.35. The van der Waals surface area contributed by atoms with Crippen molar-refractivity contribution in [3.8, 4) is 0 Å². The van der Waals surface area contributed by atoms with Crippen molar-refractivity contribution in [1.29, 1.82) is 0 Å². The second-order valence-corrected chi connectivity index (χ2v) is 5.66. The molecule has 2 aromatic rings. The van der Waals surface area contributed by atoms with E-state index in [0.717, 1.165) is 17.8 Å². The molecule has 7 nitrogen and oxygen atoms in total. The van der Waals surface area contributed by atoms with Crippen LogP contribution in [0.5, 0.6) is 0 Å². The van der Waals surface area contributed by atoms with E-state index in [1.165, 1.54) is 22.6 Å². The Hall–Kier alpha value is -2.41. The van der Waals surface area contributed by atoms with Crippen LogP contribution >= 0.6 is 0 Å². The van der Waals surface area contributed by atoms with Crippen LogP contribution in [0.15, 0.2) is 30.6 Å². The molecule has 23 heavy (non-hydrogen) atoms. The number of nitrogens with zero attached hydrogens (tertiary/aromatic N) is 4. The van der Waals surface area contributed by atoms with Gasteiger partial charge in [0.25, 0.3) is 0 Å². The van der Waals surface area contributed by atoms with Crippen LogP contribution in [0.3, 0.4) is 0 Å². The van der Waals surface area contributed by atoms with Crippen molar-refractivity contribution in [2.45, 2.75) is 33.4 Å². The Balaban J connectivity index is 2.05. The number of benzene rings is 1. The van der Waals surface area contributed by atoms with Crippen molar-refractivity contribution >= 4 is 11.4 Å². The topological polar surface area (TPSA) is 84.4 Å². The highest BCUT2D eigenvalue weighted by atomic mass is 16.6. The third-order valence-electron chi connectivity index (χ3n) is 3.75. The van der Waals surface area contributed by atoms with Crippen molar-refractivity contribution in [3.05, 3.63) is 51.8 Å². The molecule has 0 aliphatic heterocycles. The van der Waals surface area contributed by atoms with Crippen molar-refractivity contribution in [3.63, 3.8) is 0 Å². The molecule has 0 spiro atoms. The molecule has 0 aliphatic carbocycles. The van der Waals surface area contributed by atoms with E-state index in [4.69, 9.17) is 0 Å². The van der Waals surface area contributed by atoms with Crippen molar-refractivity contribution in [2.75, 3.05) is 18.0 Å². The van der Waals surface area contributed by atoms with Gasteiger partial charge in [-0.15, -0.1) is 0 Å². The first-order chi connectivity index (χ1) is 10.9. The van der Waals surface area contributed by atoms with Crippen molar-refractivity contribution in [1.82, 2.24) is 9.78 Å². The van der Waals surface area contributed by atoms with E-state index in [-0.39, 0.29) is 12.2 Å². The standard InChI is InChI=1S/C16H22N4O3/c1-4-18(16-7-12(2)5-6-13(16)3)10-15(21)11-19-9-14(8-17-19)20(22)23/h5-9,15,21H,4,10-11H2,1-3H3. The number of aromatic nitrogens is 2. The first-order valence-electron chi connectivity index (χ1n) is 7.57. The lowest BCUT2D eigenvalue weighted by atomic mass is 10.1. The van der Waals surface area contributed by atoms with Gasteiger partial charge in [-0.05, 0) is 38.0 Å². The number of aryl methyl sites for hydroxylation is 2. The molecule has 1 unspecified atom stereocenters. The Morgan fingerprint density at radius 2 is 2.17 bits per heavy atom. The molecule has 1 N–H and O–H groups in total. The fourth-order valence-corrected chi connectivity index (χ4v) is 2.53. The van der Waals surface area contributed by atoms with Gasteiger partial charge in [-0.1, -0.05) is 12.1 Å². The molecule has 0 radical (unpaired) electrons. The second-order valence-electron chi connectivity index (χ2n) is 5.66. The number of rotatable bonds is 7. The van der Waals surface area contributed by atoms with Crippen molar-refractivity contribution in [2.24, 2.45) is 0 Å². The van der Waals surface area contributed by atoms with E-state index in [9.17, 15) is 15.2 Å². The first-order valence-corrected chi connectivity index (χ1v) is 7.57. The van der Waals surface area contributed by atoms with Gasteiger partial charge in [0.05, 0.1) is 17.6 Å². The molecule has 7 heteroatoms. The molecule has 0 fully saturated rings. The highest BCUT2D eigenvalue weighted by molar-refractivity contribution is 5.54. The lowest BCUT2D eigenvalue weighted by Gasteiger charge is -2.27. The summed E-state index contributed by atoms with van der Waals surface area (Å²) in [5, 5.41) is 24.9. The Morgan fingerprint density at radius 1 is 1.43 bits per heavy atom. The summed E-state index contributed by atoms with van der Waals surface area (Å²) in [5.74, 6) is 0. The minimum absolute atomic E-state index is 0.0703. The summed E-state index contributed by atoms with van der Waals surface area (Å²) in [6.45, 7) is 7.54. The smallest absolute Gasteiger partial charge is 0.306 e. The normalized spacial score (nSPS) is 12.2. The first kappa shape index (κ1) is 17.0. The van der Waals surface area contributed by atoms with Crippen LogP contribution in [0.2, 0.25) is 0 Å². The summed E-state index contributed by atoms with van der Waals surface area (Å²) in [4.78, 5) is 12.3. The van der Waals surface area contributed by atoms with Crippen LogP contribution < -0.4 is 4.90 Å². The lowest BCUT2D eigenvalue weighted by Crippen LogP contribution is -2.35. The molecule has 124 valence electrons. The number of likely N-dealkylation sites (N-methyl/N-ethyl adjacent to an activating group) is 1. The Morgan fingerprint density at radius 3 is 2.78 bits per heavy atom. The van der Waals surface area contributed by atoms with Gasteiger partial charge >= 0.3 is 5.69 Å². The van der Waals surface area contributed by atoms with E-state index in [2.05, 4.69) is 28.2 Å². The number of anilines is 1. The maximum absolute atomic E-state index is 10.7. The molecule has 1 heterocycles. The Labute approximate surface area is 135 Å². The number of hydrogen-bond acceptors (Lipinski definition) is 5. The summed E-state index contributed by atoms with van der Waals surface area (Å²) in [6.07, 6.45) is 1.85. The number of nitro groups is 1. The third kappa shape index (κ3) is 4.29. The fraction of sp³-hybridized carbons (Fsp3) is 0.438. The molecular formula is C16H22N4O3. The zero-order valence-corrected chi connectivity index (χ0v) is 13.6. The Kier molecular flexibility index (Phi) is 5.33. The van der Waals surface area contributed by atoms with E-state index < -0.39 is 11.0 Å². The zero-order chi connectivity index (χ0) is 17.0. The summed E-state index contributed by atoms with van der Waals surface area (Å²) < 4.78 is 1.40. The molecule has 0 bridgehead atoms. The van der Waals surface area contributed by atoms with E-state index in [0.29, 0.717) is 6.54 Å². The quantitative estimate of drug-likeness (QED) is 0.625. The minimum atomic E-state index is -0.672. The van der Waals surface area contributed by atoms with Crippen LogP contribution in [0, 0.1) is 24.0 Å². The molecule has 0 saturated heterocycles. The predicted molar refractivity (Wildman–Crippen MR) is 88.7 cm³/mol. The molecule has 0 amide bonds. The Bertz CT molecular complexity index is 684. The van der Waals surface area contributed by atoms with E-state index in [1.54, 1.807) is 0 Å². The van der Waals surface area contributed by atoms with Crippen LogP contribution in [-0.4, -0.2) is 39.0 Å². The third-order valence-corrected chi connectivity index (χ3v) is 3.75. The lowest BCUT2D eigenvalue weighted by molar-refractivity contribution is -0.385. The van der Waals surface area contributed by atoms with Crippen LogP contribution in [0.25, 0.3) is 0 Å². The molecule has 1 atom stereocenters. The number of aliphatic hydroxyl groups excluding tert-OH is 1. The van der Waals surface area contributed by atoms with Crippen LogP contribution in [-0.2, 0) is 6.54 Å². The van der Waals surface area contributed by atoms with Crippen LogP contribution in [0.4, 0.5) is 11.4 Å². The van der Waals surface area contributed by atoms with E-state index >= 15 is 0 Å². The molecule has 1 aromatic carbocycles. The average Bonchev–Trinajstić information content (AvgIpc) is 2.96. The van der Waals surface area contributed by atoms with Gasteiger partial charge in [0.2, 0.25) is 0 Å². The fourth-order valence-electron chi connectivity index (χ4n) is 2.53. The van der Waals surface area contributed by atoms with Gasteiger partial charge in [0, 0.05) is 18.8 Å². The zero-order valence-electron chi connectivity index (χ0n) is 13.6. The maximum Gasteiger partial charge on any atom is 0.306 e. The summed E-state index contributed by atoms with van der Waals surface area (Å²) >= 11 is 0. The molecule has 1 aromatic heterocycles. The molecule has 0 aliphatic rings. The second kappa shape index (κ2) is 7.23. The highest BCUT2D eigenvalue weighted by Gasteiger charge is 2.16. The minimum Gasteiger partial charge on any atom is -0.389 e. The van der Waals surface area contributed by atoms with Gasteiger partial charge < -0.3 is 10.0 Å². The molecule has 2 rings (SSSR count).